The fourth-order valence-electron chi connectivity index (χ4n) is 2.68. The summed E-state index contributed by atoms with van der Waals surface area (Å²) in [4.78, 5) is 12.9. The number of halogens is 1. The second-order valence-electron chi connectivity index (χ2n) is 6.13. The monoisotopic (exact) mass is 414 g/mol. The molecule has 144 valence electrons. The minimum atomic E-state index is -3.96. The van der Waals surface area contributed by atoms with Crippen LogP contribution in [-0.2, 0) is 21.4 Å². The van der Waals surface area contributed by atoms with Gasteiger partial charge in [0.05, 0.1) is 4.90 Å². The summed E-state index contributed by atoms with van der Waals surface area (Å²) in [5.74, 6) is -0.649. The highest BCUT2D eigenvalue weighted by Gasteiger charge is 2.25. The summed E-state index contributed by atoms with van der Waals surface area (Å²) in [6.07, 6.45) is 0. The van der Waals surface area contributed by atoms with Crippen molar-refractivity contribution in [3.8, 4) is 0 Å². The molecular weight excluding hydrogens is 396 g/mol. The number of benzene rings is 3. The van der Waals surface area contributed by atoms with Crippen LogP contribution in [0.5, 0.6) is 0 Å². The molecule has 28 heavy (non-hydrogen) atoms. The molecule has 2 N–H and O–H groups in total. The van der Waals surface area contributed by atoms with Crippen LogP contribution in [0.25, 0.3) is 0 Å². The normalized spacial score (nSPS) is 12.3. The van der Waals surface area contributed by atoms with Crippen LogP contribution in [-0.4, -0.2) is 14.3 Å². The molecule has 0 saturated carbocycles. The quantitative estimate of drug-likeness (QED) is 0.618. The summed E-state index contributed by atoms with van der Waals surface area (Å²) < 4.78 is 27.2. The maximum atomic E-state index is 12.8. The van der Waals surface area contributed by atoms with Crippen LogP contribution >= 0.6 is 11.6 Å². The molecule has 1 unspecified atom stereocenters. The number of carbonyl (C=O) groups is 1. The lowest BCUT2D eigenvalue weighted by Crippen LogP contribution is -2.40. The summed E-state index contributed by atoms with van der Waals surface area (Å²) in [5.41, 5.74) is 1.58. The molecule has 0 spiro atoms. The number of carbonyl (C=O) groups excluding carboxylic acids is 1. The number of rotatable bonds is 7. The molecule has 0 heterocycles. The second kappa shape index (κ2) is 9.01. The number of nitrogens with one attached hydrogen (secondary N) is 2. The Kier molecular flexibility index (Phi) is 6.46. The van der Waals surface area contributed by atoms with Gasteiger partial charge in [-0.05, 0) is 35.4 Å². The van der Waals surface area contributed by atoms with Crippen LogP contribution < -0.4 is 10.0 Å². The first-order valence-electron chi connectivity index (χ1n) is 8.60. The smallest absolute Gasteiger partial charge is 0.264 e. The SMILES string of the molecule is O=C(NS(=O)(=O)c1ccccc1)C(NCc1ccc(Cl)cc1)c1ccccc1. The lowest BCUT2D eigenvalue weighted by Gasteiger charge is -2.19. The highest BCUT2D eigenvalue weighted by molar-refractivity contribution is 7.90. The van der Waals surface area contributed by atoms with E-state index in [1.807, 2.05) is 18.2 Å². The third kappa shape index (κ3) is 5.19. The molecule has 0 saturated heterocycles. The van der Waals surface area contributed by atoms with E-state index in [1.54, 1.807) is 54.6 Å². The van der Waals surface area contributed by atoms with Crippen molar-refractivity contribution in [2.45, 2.75) is 17.5 Å². The van der Waals surface area contributed by atoms with Crippen molar-refractivity contribution < 1.29 is 13.2 Å². The summed E-state index contributed by atoms with van der Waals surface area (Å²) >= 11 is 5.90. The predicted octanol–water partition coefficient (Wildman–Crippen LogP) is 3.68. The van der Waals surface area contributed by atoms with Crippen LogP contribution in [0.2, 0.25) is 5.02 Å². The fourth-order valence-corrected chi connectivity index (χ4v) is 3.82. The van der Waals surface area contributed by atoms with Crippen molar-refractivity contribution in [3.05, 3.63) is 101 Å². The molecule has 1 amide bonds. The summed E-state index contributed by atoms with van der Waals surface area (Å²) in [7, 11) is -3.96. The van der Waals surface area contributed by atoms with Crippen molar-refractivity contribution in [1.82, 2.24) is 10.0 Å². The molecule has 0 radical (unpaired) electrons. The van der Waals surface area contributed by atoms with Crippen molar-refractivity contribution in [1.29, 1.82) is 0 Å². The Morgan fingerprint density at radius 2 is 1.43 bits per heavy atom. The van der Waals surface area contributed by atoms with Gasteiger partial charge in [0.15, 0.2) is 0 Å². The van der Waals surface area contributed by atoms with Crippen molar-refractivity contribution in [3.63, 3.8) is 0 Å². The predicted molar refractivity (Wildman–Crippen MR) is 109 cm³/mol. The van der Waals surface area contributed by atoms with Gasteiger partial charge in [-0.2, -0.15) is 0 Å². The average Bonchev–Trinajstić information content (AvgIpc) is 2.71. The molecule has 0 aromatic heterocycles. The van der Waals surface area contributed by atoms with Gasteiger partial charge >= 0.3 is 0 Å². The lowest BCUT2D eigenvalue weighted by molar-refractivity contribution is -0.121. The Morgan fingerprint density at radius 1 is 0.857 bits per heavy atom. The molecular formula is C21H19ClN2O3S. The van der Waals surface area contributed by atoms with Gasteiger partial charge in [-0.15, -0.1) is 0 Å². The Hall–Kier alpha value is -2.67. The van der Waals surface area contributed by atoms with Crippen LogP contribution in [0, 0.1) is 0 Å². The van der Waals surface area contributed by atoms with E-state index in [9.17, 15) is 13.2 Å². The third-order valence-corrected chi connectivity index (χ3v) is 5.72. The van der Waals surface area contributed by atoms with Crippen molar-refractivity contribution >= 4 is 27.5 Å². The third-order valence-electron chi connectivity index (χ3n) is 4.11. The lowest BCUT2D eigenvalue weighted by atomic mass is 10.1. The van der Waals surface area contributed by atoms with E-state index in [2.05, 4.69) is 10.0 Å². The van der Waals surface area contributed by atoms with E-state index in [4.69, 9.17) is 11.6 Å². The minimum absolute atomic E-state index is 0.0351. The molecule has 1 atom stereocenters. The number of hydrogen-bond acceptors (Lipinski definition) is 4. The van der Waals surface area contributed by atoms with E-state index in [0.717, 1.165) is 5.56 Å². The van der Waals surface area contributed by atoms with E-state index >= 15 is 0 Å². The highest BCUT2D eigenvalue weighted by atomic mass is 35.5. The molecule has 0 aliphatic carbocycles. The number of amides is 1. The maximum absolute atomic E-state index is 12.8. The minimum Gasteiger partial charge on any atom is -0.298 e. The highest BCUT2D eigenvalue weighted by Crippen LogP contribution is 2.17. The molecule has 3 aromatic carbocycles. The van der Waals surface area contributed by atoms with Crippen LogP contribution in [0.15, 0.2) is 89.8 Å². The summed E-state index contributed by atoms with van der Waals surface area (Å²) in [6.45, 7) is 0.371. The van der Waals surface area contributed by atoms with Gasteiger partial charge in [0.25, 0.3) is 15.9 Å². The fraction of sp³-hybridized carbons (Fsp3) is 0.0952. The molecule has 5 nitrogen and oxygen atoms in total. The first-order chi connectivity index (χ1) is 13.5. The van der Waals surface area contributed by atoms with Gasteiger partial charge in [-0.1, -0.05) is 72.3 Å². The van der Waals surface area contributed by atoms with E-state index < -0.39 is 22.0 Å². The summed E-state index contributed by atoms with van der Waals surface area (Å²) in [5, 5.41) is 3.75. The van der Waals surface area contributed by atoms with Gasteiger partial charge in [0.2, 0.25) is 0 Å². The van der Waals surface area contributed by atoms with E-state index in [-0.39, 0.29) is 4.90 Å². The Labute approximate surface area is 169 Å². The van der Waals surface area contributed by atoms with Crippen LogP contribution in [0.3, 0.4) is 0 Å². The topological polar surface area (TPSA) is 75.3 Å². The largest absolute Gasteiger partial charge is 0.298 e. The summed E-state index contributed by atoms with van der Waals surface area (Å²) in [6, 6.07) is 23.1. The first-order valence-corrected chi connectivity index (χ1v) is 10.5. The molecule has 7 heteroatoms. The van der Waals surface area contributed by atoms with Gasteiger partial charge in [-0.3, -0.25) is 10.1 Å². The zero-order valence-corrected chi connectivity index (χ0v) is 16.5. The maximum Gasteiger partial charge on any atom is 0.264 e. The Balaban J connectivity index is 1.80. The zero-order chi connectivity index (χ0) is 20.0. The number of hydrogen-bond donors (Lipinski definition) is 2. The average molecular weight is 415 g/mol. The van der Waals surface area contributed by atoms with Crippen LogP contribution in [0.4, 0.5) is 0 Å². The Bertz CT molecular complexity index is 1020. The molecule has 0 aliphatic rings. The standard InChI is InChI=1S/C21H19ClN2O3S/c22-18-13-11-16(12-14-18)15-23-20(17-7-3-1-4-8-17)21(25)24-28(26,27)19-9-5-2-6-10-19/h1-14,20,23H,15H2,(H,24,25). The molecule has 3 rings (SSSR count). The first kappa shape index (κ1) is 20.1. The van der Waals surface area contributed by atoms with Crippen molar-refractivity contribution in [2.75, 3.05) is 0 Å². The molecule has 0 fully saturated rings. The van der Waals surface area contributed by atoms with E-state index in [0.29, 0.717) is 17.1 Å². The zero-order valence-electron chi connectivity index (χ0n) is 14.9. The number of sulfonamides is 1. The molecule has 3 aromatic rings. The van der Waals surface area contributed by atoms with Gasteiger partial charge in [0.1, 0.15) is 6.04 Å². The van der Waals surface area contributed by atoms with Crippen LogP contribution in [0.1, 0.15) is 17.2 Å². The van der Waals surface area contributed by atoms with Gasteiger partial charge in [0, 0.05) is 11.6 Å². The Morgan fingerprint density at radius 3 is 2.04 bits per heavy atom. The van der Waals surface area contributed by atoms with Crippen molar-refractivity contribution in [2.24, 2.45) is 0 Å². The van der Waals surface area contributed by atoms with E-state index in [1.165, 1.54) is 12.1 Å². The second-order valence-corrected chi connectivity index (χ2v) is 8.25. The molecule has 0 bridgehead atoms. The van der Waals surface area contributed by atoms with Gasteiger partial charge in [-0.25, -0.2) is 13.1 Å². The van der Waals surface area contributed by atoms with Gasteiger partial charge < -0.3 is 0 Å². The molecule has 0 aliphatic heterocycles.